The van der Waals surface area contributed by atoms with Gasteiger partial charge < -0.3 is 20.5 Å². The highest BCUT2D eigenvalue weighted by Crippen LogP contribution is 2.44. The summed E-state index contributed by atoms with van der Waals surface area (Å²) in [4.78, 5) is 35.9. The van der Waals surface area contributed by atoms with Gasteiger partial charge >= 0.3 is 12.1 Å². The quantitative estimate of drug-likeness (QED) is 0.455. The highest BCUT2D eigenvalue weighted by Gasteiger charge is 2.29. The molecular formula is C27H34N2O5. The third-order valence-electron chi connectivity index (χ3n) is 6.63. The molecule has 34 heavy (non-hydrogen) atoms. The number of benzene rings is 2. The van der Waals surface area contributed by atoms with Gasteiger partial charge in [0.25, 0.3) is 0 Å². The zero-order valence-electron chi connectivity index (χ0n) is 20.0. The molecule has 0 saturated heterocycles. The van der Waals surface area contributed by atoms with E-state index in [0.29, 0.717) is 13.0 Å². The van der Waals surface area contributed by atoms with Gasteiger partial charge in [0.2, 0.25) is 5.91 Å². The Morgan fingerprint density at radius 1 is 0.941 bits per heavy atom. The molecule has 7 heteroatoms. The van der Waals surface area contributed by atoms with Gasteiger partial charge in [0, 0.05) is 25.4 Å². The van der Waals surface area contributed by atoms with E-state index < -0.39 is 18.0 Å². The van der Waals surface area contributed by atoms with Gasteiger partial charge in [-0.05, 0) is 40.5 Å². The molecule has 2 amide bonds. The van der Waals surface area contributed by atoms with Crippen LogP contribution in [0.15, 0.2) is 48.5 Å². The zero-order valence-corrected chi connectivity index (χ0v) is 20.0. The number of fused-ring (bicyclic) bond motifs is 3. The smallest absolute Gasteiger partial charge is 0.407 e. The Balaban J connectivity index is 1.50. The maximum absolute atomic E-state index is 12.5. The first-order chi connectivity index (χ1) is 16.3. The van der Waals surface area contributed by atoms with E-state index in [1.807, 2.05) is 38.1 Å². The van der Waals surface area contributed by atoms with Gasteiger partial charge in [-0.3, -0.25) is 9.59 Å². The van der Waals surface area contributed by atoms with Crippen molar-refractivity contribution in [1.29, 1.82) is 0 Å². The van der Waals surface area contributed by atoms with E-state index >= 15 is 0 Å². The van der Waals surface area contributed by atoms with Gasteiger partial charge in [0.15, 0.2) is 0 Å². The van der Waals surface area contributed by atoms with E-state index in [4.69, 9.17) is 9.84 Å². The second-order valence-corrected chi connectivity index (χ2v) is 9.16. The molecule has 182 valence electrons. The molecule has 2 unspecified atom stereocenters. The lowest BCUT2D eigenvalue weighted by Crippen LogP contribution is -2.37. The summed E-state index contributed by atoms with van der Waals surface area (Å²) >= 11 is 0. The lowest BCUT2D eigenvalue weighted by atomic mass is 9.92. The molecule has 1 aliphatic carbocycles. The molecule has 1 aliphatic rings. The van der Waals surface area contributed by atoms with E-state index in [1.54, 1.807) is 6.92 Å². The number of nitrogens with one attached hydrogen (secondary N) is 2. The van der Waals surface area contributed by atoms with Crippen molar-refractivity contribution in [3.63, 3.8) is 0 Å². The van der Waals surface area contributed by atoms with E-state index in [1.165, 1.54) is 11.1 Å². The fourth-order valence-corrected chi connectivity index (χ4v) is 4.36. The van der Waals surface area contributed by atoms with Crippen LogP contribution >= 0.6 is 0 Å². The van der Waals surface area contributed by atoms with Gasteiger partial charge in [-0.1, -0.05) is 69.3 Å². The zero-order chi connectivity index (χ0) is 24.7. The molecule has 7 nitrogen and oxygen atoms in total. The minimum Gasteiger partial charge on any atom is -0.481 e. The van der Waals surface area contributed by atoms with E-state index in [2.05, 4.69) is 34.9 Å². The highest BCUT2D eigenvalue weighted by molar-refractivity contribution is 5.79. The summed E-state index contributed by atoms with van der Waals surface area (Å²) in [5, 5.41) is 14.6. The summed E-state index contributed by atoms with van der Waals surface area (Å²) < 4.78 is 5.58. The van der Waals surface area contributed by atoms with E-state index in [0.717, 1.165) is 11.1 Å². The predicted molar refractivity (Wildman–Crippen MR) is 130 cm³/mol. The Morgan fingerprint density at radius 2 is 1.53 bits per heavy atom. The summed E-state index contributed by atoms with van der Waals surface area (Å²) in [6.07, 6.45) is 0.147. The summed E-state index contributed by atoms with van der Waals surface area (Å²) in [6, 6.07) is 16.3. The van der Waals surface area contributed by atoms with Crippen molar-refractivity contribution in [3.05, 3.63) is 59.7 Å². The minimum absolute atomic E-state index is 0.00873. The third kappa shape index (κ3) is 6.16. The molecule has 3 N–H and O–H groups in total. The topological polar surface area (TPSA) is 105 Å². The van der Waals surface area contributed by atoms with Crippen molar-refractivity contribution in [2.45, 2.75) is 39.5 Å². The number of rotatable bonds is 11. The SMILES string of the molecule is CCC(CNC(=O)CC(CNC(=O)OCC1c2ccccc2-c2ccccc21)C(C)C)C(=O)O. The average Bonchev–Trinajstić information content (AvgIpc) is 3.14. The summed E-state index contributed by atoms with van der Waals surface area (Å²) in [6.45, 7) is 6.40. The molecule has 3 rings (SSSR count). The number of carboxylic acids is 1. The standard InChI is InChI=1S/C27H34N2O5/c1-4-18(26(31)32)14-28-25(30)13-19(17(2)3)15-29-27(33)34-16-24-22-11-7-5-9-20(22)21-10-6-8-12-23(21)24/h5-12,17-19,24H,4,13-16H2,1-3H3,(H,28,30)(H,29,33)(H,31,32). The van der Waals surface area contributed by atoms with Crippen LogP contribution in [0.1, 0.15) is 50.7 Å². The van der Waals surface area contributed by atoms with Crippen LogP contribution in [0, 0.1) is 17.8 Å². The summed E-state index contributed by atoms with van der Waals surface area (Å²) in [7, 11) is 0. The van der Waals surface area contributed by atoms with Crippen LogP contribution in [-0.2, 0) is 14.3 Å². The second kappa shape index (κ2) is 11.7. The van der Waals surface area contributed by atoms with Crippen molar-refractivity contribution in [2.24, 2.45) is 17.8 Å². The van der Waals surface area contributed by atoms with Crippen LogP contribution in [0.4, 0.5) is 4.79 Å². The number of ether oxygens (including phenoxy) is 1. The fraction of sp³-hybridized carbons (Fsp3) is 0.444. The molecule has 0 heterocycles. The van der Waals surface area contributed by atoms with Crippen LogP contribution in [0.2, 0.25) is 0 Å². The normalized spacial score (nSPS) is 14.1. The monoisotopic (exact) mass is 466 g/mol. The Labute approximate surface area is 200 Å². The molecule has 0 radical (unpaired) electrons. The third-order valence-corrected chi connectivity index (χ3v) is 6.63. The average molecular weight is 467 g/mol. The fourth-order valence-electron chi connectivity index (χ4n) is 4.36. The first-order valence-electron chi connectivity index (χ1n) is 11.9. The van der Waals surface area contributed by atoms with E-state index in [-0.39, 0.29) is 43.2 Å². The molecule has 2 atom stereocenters. The number of hydrogen-bond donors (Lipinski definition) is 3. The molecule has 0 fully saturated rings. The molecular weight excluding hydrogens is 432 g/mol. The lowest BCUT2D eigenvalue weighted by Gasteiger charge is -2.22. The number of carbonyl (C=O) groups is 3. The van der Waals surface area contributed by atoms with Crippen molar-refractivity contribution in [2.75, 3.05) is 19.7 Å². The molecule has 0 bridgehead atoms. The largest absolute Gasteiger partial charge is 0.481 e. The van der Waals surface area contributed by atoms with Crippen molar-refractivity contribution in [3.8, 4) is 11.1 Å². The first-order valence-corrected chi connectivity index (χ1v) is 11.9. The van der Waals surface area contributed by atoms with E-state index in [9.17, 15) is 14.4 Å². The minimum atomic E-state index is -0.917. The molecule has 0 spiro atoms. The first kappa shape index (κ1) is 25.3. The van der Waals surface area contributed by atoms with Gasteiger partial charge in [-0.25, -0.2) is 4.79 Å². The van der Waals surface area contributed by atoms with Crippen LogP contribution < -0.4 is 10.6 Å². The van der Waals surface area contributed by atoms with Crippen molar-refractivity contribution < 1.29 is 24.2 Å². The maximum Gasteiger partial charge on any atom is 0.407 e. The number of amides is 2. The predicted octanol–water partition coefficient (Wildman–Crippen LogP) is 4.41. The van der Waals surface area contributed by atoms with Crippen LogP contribution in [0.3, 0.4) is 0 Å². The summed E-state index contributed by atoms with van der Waals surface area (Å²) in [5.41, 5.74) is 4.65. The second-order valence-electron chi connectivity index (χ2n) is 9.16. The molecule has 2 aromatic carbocycles. The Bertz CT molecular complexity index is 974. The Hall–Kier alpha value is -3.35. The van der Waals surface area contributed by atoms with Crippen LogP contribution in [0.25, 0.3) is 11.1 Å². The number of hydrogen-bond acceptors (Lipinski definition) is 4. The maximum atomic E-state index is 12.5. The van der Waals surface area contributed by atoms with Crippen molar-refractivity contribution in [1.82, 2.24) is 10.6 Å². The van der Waals surface area contributed by atoms with Gasteiger partial charge in [0.1, 0.15) is 6.61 Å². The Kier molecular flexibility index (Phi) is 8.68. The number of aliphatic carboxylic acids is 1. The number of carboxylic acid groups (broad SMARTS) is 1. The summed E-state index contributed by atoms with van der Waals surface area (Å²) in [5.74, 6) is -1.68. The lowest BCUT2D eigenvalue weighted by molar-refractivity contribution is -0.141. The molecule has 0 aromatic heterocycles. The number of carbonyl (C=O) groups excluding carboxylic acids is 2. The van der Waals surface area contributed by atoms with Gasteiger partial charge in [-0.15, -0.1) is 0 Å². The Morgan fingerprint density at radius 3 is 2.06 bits per heavy atom. The van der Waals surface area contributed by atoms with Crippen LogP contribution in [0.5, 0.6) is 0 Å². The van der Waals surface area contributed by atoms with Gasteiger partial charge in [-0.2, -0.15) is 0 Å². The molecule has 2 aromatic rings. The van der Waals surface area contributed by atoms with Crippen LogP contribution in [-0.4, -0.2) is 42.8 Å². The molecule has 0 aliphatic heterocycles. The number of alkyl carbamates (subject to hydrolysis) is 1. The van der Waals surface area contributed by atoms with Gasteiger partial charge in [0.05, 0.1) is 5.92 Å². The van der Waals surface area contributed by atoms with Crippen molar-refractivity contribution >= 4 is 18.0 Å². The molecule has 0 saturated carbocycles. The highest BCUT2D eigenvalue weighted by atomic mass is 16.5.